The van der Waals surface area contributed by atoms with Gasteiger partial charge in [-0.2, -0.15) is 5.26 Å². The van der Waals surface area contributed by atoms with Gasteiger partial charge in [-0.1, -0.05) is 0 Å². The van der Waals surface area contributed by atoms with E-state index < -0.39 is 28.6 Å². The molecule has 7 heteroatoms. The van der Waals surface area contributed by atoms with Gasteiger partial charge in [-0.3, -0.25) is 10.1 Å². The molecule has 0 fully saturated rings. The van der Waals surface area contributed by atoms with Crippen LogP contribution >= 0.6 is 0 Å². The number of halogens is 1. The molecule has 0 saturated carbocycles. The minimum Gasteiger partial charge on any atom is -0.389 e. The average Bonchev–Trinajstić information content (AvgIpc) is 2.28. The lowest BCUT2D eigenvalue weighted by Gasteiger charge is -2.15. The second kappa shape index (κ2) is 5.34. The molecule has 0 aliphatic rings. The summed E-state index contributed by atoms with van der Waals surface area (Å²) in [6.45, 7) is 0. The van der Waals surface area contributed by atoms with Crippen LogP contribution in [0.15, 0.2) is 18.2 Å². The summed E-state index contributed by atoms with van der Waals surface area (Å²) in [6, 6.07) is 4.22. The summed E-state index contributed by atoms with van der Waals surface area (Å²) in [5, 5.41) is 38.0. The smallest absolute Gasteiger partial charge is 0.278 e. The van der Waals surface area contributed by atoms with Crippen molar-refractivity contribution in [2.24, 2.45) is 0 Å². The molecule has 0 saturated heterocycles. The highest BCUT2D eigenvalue weighted by Gasteiger charge is 2.26. The van der Waals surface area contributed by atoms with Crippen LogP contribution in [0.2, 0.25) is 0 Å². The lowest BCUT2D eigenvalue weighted by molar-refractivity contribution is -0.386. The van der Waals surface area contributed by atoms with Crippen molar-refractivity contribution in [2.45, 2.75) is 18.6 Å². The summed E-state index contributed by atoms with van der Waals surface area (Å²) in [7, 11) is 0. The maximum absolute atomic E-state index is 12.8. The number of hydrogen-bond acceptors (Lipinski definition) is 5. The Morgan fingerprint density at radius 1 is 1.53 bits per heavy atom. The Labute approximate surface area is 95.7 Å². The van der Waals surface area contributed by atoms with E-state index in [0.29, 0.717) is 6.07 Å². The maximum atomic E-state index is 12.8. The molecule has 1 aromatic rings. The number of rotatable bonds is 4. The molecule has 1 aromatic carbocycles. The van der Waals surface area contributed by atoms with Crippen molar-refractivity contribution < 1.29 is 19.5 Å². The third-order valence-electron chi connectivity index (χ3n) is 2.17. The molecule has 2 atom stereocenters. The van der Waals surface area contributed by atoms with E-state index in [2.05, 4.69) is 0 Å². The Hall–Kier alpha value is -2.04. The third-order valence-corrected chi connectivity index (χ3v) is 2.17. The molecule has 17 heavy (non-hydrogen) atoms. The number of nitro benzene ring substituents is 1. The zero-order chi connectivity index (χ0) is 13.0. The zero-order valence-corrected chi connectivity index (χ0v) is 8.58. The van der Waals surface area contributed by atoms with Crippen molar-refractivity contribution in [2.75, 3.05) is 0 Å². The molecule has 0 heterocycles. The van der Waals surface area contributed by atoms with Gasteiger partial charge in [0.2, 0.25) is 0 Å². The topological polar surface area (TPSA) is 107 Å². The van der Waals surface area contributed by atoms with E-state index in [9.17, 15) is 24.7 Å². The molecule has 2 unspecified atom stereocenters. The van der Waals surface area contributed by atoms with Crippen molar-refractivity contribution in [3.8, 4) is 6.07 Å². The van der Waals surface area contributed by atoms with E-state index in [0.717, 1.165) is 12.1 Å². The van der Waals surface area contributed by atoms with Gasteiger partial charge in [0.05, 0.1) is 35.1 Å². The number of benzene rings is 1. The molecule has 0 aliphatic heterocycles. The van der Waals surface area contributed by atoms with E-state index in [1.165, 1.54) is 0 Å². The molecule has 6 nitrogen and oxygen atoms in total. The van der Waals surface area contributed by atoms with Crippen molar-refractivity contribution in [3.05, 3.63) is 39.7 Å². The molecule has 2 N–H and O–H groups in total. The van der Waals surface area contributed by atoms with Crippen LogP contribution in [-0.2, 0) is 0 Å². The number of hydrogen-bond donors (Lipinski definition) is 2. The molecule has 90 valence electrons. The lowest BCUT2D eigenvalue weighted by Crippen LogP contribution is -2.18. The monoisotopic (exact) mass is 240 g/mol. The van der Waals surface area contributed by atoms with E-state index in [1.807, 2.05) is 0 Å². The van der Waals surface area contributed by atoms with Crippen LogP contribution in [0.5, 0.6) is 0 Å². The van der Waals surface area contributed by atoms with Gasteiger partial charge < -0.3 is 10.2 Å². The van der Waals surface area contributed by atoms with Crippen LogP contribution < -0.4 is 0 Å². The van der Waals surface area contributed by atoms with Crippen molar-refractivity contribution >= 4 is 5.69 Å². The molecule has 0 amide bonds. The van der Waals surface area contributed by atoms with Crippen LogP contribution in [0.4, 0.5) is 10.1 Å². The fourth-order valence-electron chi connectivity index (χ4n) is 1.34. The second-order valence-corrected chi connectivity index (χ2v) is 3.33. The normalized spacial score (nSPS) is 13.8. The Kier molecular flexibility index (Phi) is 4.09. The highest BCUT2D eigenvalue weighted by molar-refractivity contribution is 5.42. The number of nitriles is 1. The maximum Gasteiger partial charge on any atom is 0.278 e. The standard InChI is InChI=1S/C10H9FN2O4/c11-6-1-2-7(8(5-6)13(16)17)10(15)9(14)3-4-12/h1-2,5,9-10,14-15H,3H2. The summed E-state index contributed by atoms with van der Waals surface area (Å²) in [6.07, 6.45) is -3.43. The Morgan fingerprint density at radius 3 is 2.71 bits per heavy atom. The quantitative estimate of drug-likeness (QED) is 0.603. The highest BCUT2D eigenvalue weighted by Crippen LogP contribution is 2.28. The molecule has 0 spiro atoms. The van der Waals surface area contributed by atoms with Crippen LogP contribution in [0, 0.1) is 27.3 Å². The van der Waals surface area contributed by atoms with Crippen LogP contribution in [0.25, 0.3) is 0 Å². The first-order chi connectivity index (χ1) is 7.97. The summed E-state index contributed by atoms with van der Waals surface area (Å²) in [5.41, 5.74) is -0.853. The highest BCUT2D eigenvalue weighted by atomic mass is 19.1. The van der Waals surface area contributed by atoms with Crippen molar-refractivity contribution in [3.63, 3.8) is 0 Å². The van der Waals surface area contributed by atoms with Gasteiger partial charge in [-0.15, -0.1) is 0 Å². The molecule has 0 bridgehead atoms. The van der Waals surface area contributed by atoms with Crippen molar-refractivity contribution in [1.82, 2.24) is 0 Å². The van der Waals surface area contributed by atoms with E-state index in [1.54, 1.807) is 6.07 Å². The Balaban J connectivity index is 3.13. The predicted molar refractivity (Wildman–Crippen MR) is 54.3 cm³/mol. The zero-order valence-electron chi connectivity index (χ0n) is 8.58. The third kappa shape index (κ3) is 2.96. The van der Waals surface area contributed by atoms with Crippen LogP contribution in [-0.4, -0.2) is 21.2 Å². The Bertz CT molecular complexity index is 472. The number of nitro groups is 1. The number of aliphatic hydroxyl groups excluding tert-OH is 2. The molecular formula is C10H9FN2O4. The van der Waals surface area contributed by atoms with Gasteiger partial charge >= 0.3 is 0 Å². The molecule has 1 rings (SSSR count). The minimum absolute atomic E-state index is 0.223. The van der Waals surface area contributed by atoms with Gasteiger partial charge in [0.1, 0.15) is 11.9 Å². The number of nitrogens with zero attached hydrogens (tertiary/aromatic N) is 2. The number of aliphatic hydroxyl groups is 2. The first-order valence-electron chi connectivity index (χ1n) is 4.64. The average molecular weight is 240 g/mol. The fraction of sp³-hybridized carbons (Fsp3) is 0.300. The second-order valence-electron chi connectivity index (χ2n) is 3.33. The summed E-state index contributed by atoms with van der Waals surface area (Å²) >= 11 is 0. The van der Waals surface area contributed by atoms with Gasteiger partial charge in [-0.25, -0.2) is 4.39 Å². The molecule has 0 radical (unpaired) electrons. The molecule has 0 aliphatic carbocycles. The Morgan fingerprint density at radius 2 is 2.18 bits per heavy atom. The summed E-state index contributed by atoms with van der Waals surface area (Å²) in [5.74, 6) is -0.817. The first kappa shape index (κ1) is 13.0. The largest absolute Gasteiger partial charge is 0.389 e. The van der Waals surface area contributed by atoms with Gasteiger partial charge in [0.15, 0.2) is 0 Å². The van der Waals surface area contributed by atoms with Crippen molar-refractivity contribution in [1.29, 1.82) is 5.26 Å². The van der Waals surface area contributed by atoms with E-state index in [-0.39, 0.29) is 12.0 Å². The van der Waals surface area contributed by atoms with Gasteiger partial charge in [-0.05, 0) is 12.1 Å². The van der Waals surface area contributed by atoms with E-state index in [4.69, 9.17) is 5.26 Å². The SMILES string of the molecule is N#CCC(O)C(O)c1ccc(F)cc1[N+](=O)[O-]. The van der Waals surface area contributed by atoms with Gasteiger partial charge in [0.25, 0.3) is 5.69 Å². The summed E-state index contributed by atoms with van der Waals surface area (Å²) < 4.78 is 12.8. The minimum atomic E-state index is -1.60. The lowest BCUT2D eigenvalue weighted by atomic mass is 10.0. The molecule has 0 aromatic heterocycles. The first-order valence-corrected chi connectivity index (χ1v) is 4.64. The fourth-order valence-corrected chi connectivity index (χ4v) is 1.34. The predicted octanol–water partition coefficient (Wildman–Crippen LogP) is 1.04. The van der Waals surface area contributed by atoms with E-state index >= 15 is 0 Å². The van der Waals surface area contributed by atoms with Crippen LogP contribution in [0.1, 0.15) is 18.1 Å². The van der Waals surface area contributed by atoms with Gasteiger partial charge in [0, 0.05) is 0 Å². The van der Waals surface area contributed by atoms with Crippen LogP contribution in [0.3, 0.4) is 0 Å². The molecular weight excluding hydrogens is 231 g/mol. The summed E-state index contributed by atoms with van der Waals surface area (Å²) in [4.78, 5) is 9.78.